The average molecular weight is 380 g/mol. The molecule has 28 heavy (non-hydrogen) atoms. The molecule has 0 aromatic heterocycles. The Balaban J connectivity index is 1.61. The van der Waals surface area contributed by atoms with Crippen molar-refractivity contribution in [2.24, 2.45) is 0 Å². The first-order valence-electron chi connectivity index (χ1n) is 9.35. The van der Waals surface area contributed by atoms with Crippen LogP contribution in [0.2, 0.25) is 0 Å². The van der Waals surface area contributed by atoms with E-state index in [1.54, 1.807) is 0 Å². The molecule has 0 spiro atoms. The molecule has 0 heterocycles. The maximum absolute atomic E-state index is 14.6. The smallest absolute Gasteiger partial charge is 0.342 e. The van der Waals surface area contributed by atoms with Crippen LogP contribution in [0.15, 0.2) is 91.0 Å². The lowest BCUT2D eigenvalue weighted by molar-refractivity contribution is -0.151. The molecular formula is C24H24FNO2. The molecule has 0 fully saturated rings. The molecule has 3 aromatic rings. The second kappa shape index (κ2) is 10.4. The maximum atomic E-state index is 14.6. The Morgan fingerprint density at radius 1 is 0.750 bits per heavy atom. The van der Waals surface area contributed by atoms with Crippen molar-refractivity contribution in [3.8, 4) is 0 Å². The molecule has 144 valence electrons. The van der Waals surface area contributed by atoms with Gasteiger partial charge in [0.25, 0.3) is 0 Å². The highest BCUT2D eigenvalue weighted by Crippen LogP contribution is 2.13. The highest BCUT2D eigenvalue weighted by atomic mass is 19.2. The van der Waals surface area contributed by atoms with Gasteiger partial charge >= 0.3 is 5.97 Å². The van der Waals surface area contributed by atoms with Crippen molar-refractivity contribution in [2.75, 3.05) is 6.54 Å². The number of alkyl halides is 1. The summed E-state index contributed by atoms with van der Waals surface area (Å²) in [4.78, 5) is 14.1. The summed E-state index contributed by atoms with van der Waals surface area (Å²) in [5.74, 6) is -0.824. The van der Waals surface area contributed by atoms with Gasteiger partial charge in [-0.15, -0.1) is 0 Å². The van der Waals surface area contributed by atoms with Crippen molar-refractivity contribution in [2.45, 2.75) is 25.9 Å². The van der Waals surface area contributed by atoms with Crippen LogP contribution >= 0.6 is 0 Å². The summed E-state index contributed by atoms with van der Waals surface area (Å²) in [6.07, 6.45) is -1.70. The van der Waals surface area contributed by atoms with E-state index in [-0.39, 0.29) is 13.2 Å². The fourth-order valence-electron chi connectivity index (χ4n) is 2.99. The predicted octanol–water partition coefficient (Wildman–Crippen LogP) is 4.77. The monoisotopic (exact) mass is 380 g/mol. The van der Waals surface area contributed by atoms with Crippen molar-refractivity contribution in [3.05, 3.63) is 108 Å². The SMILES string of the molecule is O=[13C](OCc1ccccc1)[13C@@H](F)[13CH2]N(Cc1ccccc1)Cc1ccccc1. The third kappa shape index (κ3) is 6.32. The van der Waals surface area contributed by atoms with Crippen LogP contribution in [-0.4, -0.2) is 23.6 Å². The van der Waals surface area contributed by atoms with E-state index in [0.717, 1.165) is 16.7 Å². The minimum absolute atomic E-state index is 0.0165. The van der Waals surface area contributed by atoms with Crippen molar-refractivity contribution >= 4 is 5.97 Å². The first kappa shape index (κ1) is 19.8. The summed E-state index contributed by atoms with van der Waals surface area (Å²) in [5, 5.41) is 0. The summed E-state index contributed by atoms with van der Waals surface area (Å²) in [6, 6.07) is 29.0. The zero-order valence-corrected chi connectivity index (χ0v) is 15.7. The minimum Gasteiger partial charge on any atom is -0.459 e. The van der Waals surface area contributed by atoms with E-state index in [0.29, 0.717) is 13.1 Å². The lowest BCUT2D eigenvalue weighted by atomic mass is 10.2. The van der Waals surface area contributed by atoms with Gasteiger partial charge in [-0.2, -0.15) is 0 Å². The molecule has 0 unspecified atom stereocenters. The highest BCUT2D eigenvalue weighted by Gasteiger charge is 2.23. The number of ether oxygens (including phenoxy) is 1. The summed E-state index contributed by atoms with van der Waals surface area (Å²) in [5.41, 5.74) is 2.99. The summed E-state index contributed by atoms with van der Waals surface area (Å²) in [6.45, 7) is 1.18. The lowest BCUT2D eigenvalue weighted by Gasteiger charge is -2.24. The van der Waals surface area contributed by atoms with Crippen LogP contribution in [0.3, 0.4) is 0 Å². The molecule has 0 aliphatic rings. The average Bonchev–Trinajstić information content (AvgIpc) is 2.74. The van der Waals surface area contributed by atoms with E-state index in [1.807, 2.05) is 95.9 Å². The molecule has 3 rings (SSSR count). The predicted molar refractivity (Wildman–Crippen MR) is 108 cm³/mol. The molecule has 0 saturated carbocycles. The van der Waals surface area contributed by atoms with E-state index >= 15 is 0 Å². The summed E-state index contributed by atoms with van der Waals surface area (Å²) in [7, 11) is 0. The molecule has 0 amide bonds. The van der Waals surface area contributed by atoms with Gasteiger partial charge in [-0.25, -0.2) is 9.18 Å². The molecule has 0 radical (unpaired) electrons. The van der Waals surface area contributed by atoms with Crippen molar-refractivity contribution in [1.29, 1.82) is 0 Å². The molecular weight excluding hydrogens is 356 g/mol. The van der Waals surface area contributed by atoms with Crippen molar-refractivity contribution in [1.82, 2.24) is 4.90 Å². The molecule has 4 heteroatoms. The Labute approximate surface area is 165 Å². The summed E-state index contributed by atoms with van der Waals surface area (Å²) >= 11 is 0. The zero-order chi connectivity index (χ0) is 19.6. The van der Waals surface area contributed by atoms with Crippen LogP contribution in [0, 0.1) is 0 Å². The van der Waals surface area contributed by atoms with E-state index in [9.17, 15) is 9.18 Å². The van der Waals surface area contributed by atoms with Crippen LogP contribution < -0.4 is 0 Å². The minimum atomic E-state index is -1.70. The van der Waals surface area contributed by atoms with Gasteiger partial charge in [-0.05, 0) is 16.7 Å². The quantitative estimate of drug-likeness (QED) is 0.396. The standard InChI is InChI=1S/C24H24FNO2/c25-23(24(27)28-19-22-14-8-3-9-15-22)18-26(16-20-10-4-1-5-11-20)17-21-12-6-2-7-13-21/h1-15,23H,16-19H2/t23-/m0/s1/i18+1,23+1,24+1. The molecule has 0 N–H and O–H groups in total. The van der Waals surface area contributed by atoms with Crippen LogP contribution in [0.1, 0.15) is 16.7 Å². The van der Waals surface area contributed by atoms with Crippen LogP contribution in [-0.2, 0) is 29.2 Å². The van der Waals surface area contributed by atoms with E-state index in [2.05, 4.69) is 0 Å². The van der Waals surface area contributed by atoms with Crippen LogP contribution in [0.4, 0.5) is 4.39 Å². The van der Waals surface area contributed by atoms with Gasteiger partial charge in [0.15, 0.2) is 0 Å². The Kier molecular flexibility index (Phi) is 7.33. The van der Waals surface area contributed by atoms with Gasteiger partial charge in [0.1, 0.15) is 6.61 Å². The normalized spacial score (nSPS) is 11.9. The van der Waals surface area contributed by atoms with E-state index in [1.165, 1.54) is 0 Å². The number of benzene rings is 3. The number of nitrogens with zero attached hydrogens (tertiary/aromatic N) is 1. The van der Waals surface area contributed by atoms with Gasteiger partial charge in [0.05, 0.1) is 0 Å². The highest BCUT2D eigenvalue weighted by molar-refractivity contribution is 5.74. The topological polar surface area (TPSA) is 29.5 Å². The molecule has 0 saturated heterocycles. The molecule has 0 aliphatic heterocycles. The summed E-state index contributed by atoms with van der Waals surface area (Å²) < 4.78 is 19.8. The maximum Gasteiger partial charge on any atom is 0.342 e. The number of carbonyl (C=O) groups excluding carboxylic acids is 1. The molecule has 1 atom stereocenters. The third-order valence-electron chi connectivity index (χ3n) is 4.40. The molecule has 0 aliphatic carbocycles. The number of hydrogen-bond donors (Lipinski definition) is 0. The van der Waals surface area contributed by atoms with Gasteiger partial charge in [-0.1, -0.05) is 91.0 Å². The number of carbonyl (C=O) groups is 1. The molecule has 3 nitrogen and oxygen atoms in total. The largest absolute Gasteiger partial charge is 0.459 e. The van der Waals surface area contributed by atoms with Crippen molar-refractivity contribution < 1.29 is 13.9 Å². The number of rotatable bonds is 9. The van der Waals surface area contributed by atoms with Crippen molar-refractivity contribution in [3.63, 3.8) is 0 Å². The molecule has 3 aromatic carbocycles. The zero-order valence-electron chi connectivity index (χ0n) is 15.7. The third-order valence-corrected chi connectivity index (χ3v) is 4.40. The second-order valence-electron chi connectivity index (χ2n) is 6.70. The fraction of sp³-hybridized carbons (Fsp3) is 0.208. The second-order valence-corrected chi connectivity index (χ2v) is 6.70. The van der Waals surface area contributed by atoms with E-state index in [4.69, 9.17) is 4.74 Å². The fourth-order valence-corrected chi connectivity index (χ4v) is 2.99. The van der Waals surface area contributed by atoms with E-state index < -0.39 is 12.1 Å². The van der Waals surface area contributed by atoms with Crippen LogP contribution in [0.5, 0.6) is 0 Å². The number of esters is 1. The number of halogens is 1. The van der Waals surface area contributed by atoms with Gasteiger partial charge in [0.2, 0.25) is 6.17 Å². The Morgan fingerprint density at radius 3 is 1.64 bits per heavy atom. The number of hydrogen-bond acceptors (Lipinski definition) is 3. The lowest BCUT2D eigenvalue weighted by Crippen LogP contribution is -2.34. The van der Waals surface area contributed by atoms with Crippen LogP contribution in [0.25, 0.3) is 0 Å². The first-order valence-corrected chi connectivity index (χ1v) is 9.35. The van der Waals surface area contributed by atoms with Gasteiger partial charge in [0, 0.05) is 19.6 Å². The Bertz CT molecular complexity index is 799. The first-order chi connectivity index (χ1) is 13.7. The Morgan fingerprint density at radius 2 is 1.18 bits per heavy atom. The molecule has 0 bridgehead atoms. The van der Waals surface area contributed by atoms with Gasteiger partial charge in [-0.3, -0.25) is 4.90 Å². The van der Waals surface area contributed by atoms with Gasteiger partial charge < -0.3 is 4.74 Å². The Hall–Kier alpha value is -2.98.